The number of carbonyl (C=O) groups excluding carboxylic acids is 1. The van der Waals surface area contributed by atoms with Crippen molar-refractivity contribution in [1.82, 2.24) is 4.90 Å². The van der Waals surface area contributed by atoms with Crippen LogP contribution in [0.5, 0.6) is 0 Å². The van der Waals surface area contributed by atoms with E-state index in [0.29, 0.717) is 5.69 Å². The smallest absolute Gasteiger partial charge is 0.324 e. The lowest BCUT2D eigenvalue weighted by atomic mass is 10.1. The number of anilines is 2. The molecule has 2 amide bonds. The highest BCUT2D eigenvalue weighted by Gasteiger charge is 2.23. The van der Waals surface area contributed by atoms with Crippen molar-refractivity contribution in [1.29, 1.82) is 0 Å². The van der Waals surface area contributed by atoms with Crippen molar-refractivity contribution in [3.8, 4) is 0 Å². The van der Waals surface area contributed by atoms with Crippen molar-refractivity contribution >= 4 is 17.4 Å². The van der Waals surface area contributed by atoms with Gasteiger partial charge in [-0.3, -0.25) is 4.90 Å². The molecular formula is C15H23N3O. The molecule has 4 nitrogen and oxygen atoms in total. The van der Waals surface area contributed by atoms with E-state index in [2.05, 4.69) is 6.92 Å². The van der Waals surface area contributed by atoms with E-state index < -0.39 is 0 Å². The Balaban J connectivity index is 2.16. The van der Waals surface area contributed by atoms with Gasteiger partial charge >= 0.3 is 6.03 Å². The first-order chi connectivity index (χ1) is 9.22. The van der Waals surface area contributed by atoms with Crippen molar-refractivity contribution in [3.05, 3.63) is 24.3 Å². The second-order valence-corrected chi connectivity index (χ2v) is 5.08. The van der Waals surface area contributed by atoms with Crippen molar-refractivity contribution in [2.24, 2.45) is 0 Å². The molecule has 1 aromatic carbocycles. The minimum atomic E-state index is 0.118. The molecule has 0 saturated carbocycles. The fraction of sp³-hybridized carbons (Fsp3) is 0.533. The fourth-order valence-corrected chi connectivity index (χ4v) is 2.51. The molecule has 1 aliphatic heterocycles. The van der Waals surface area contributed by atoms with Crippen molar-refractivity contribution < 1.29 is 4.79 Å². The number of rotatable bonds is 3. The van der Waals surface area contributed by atoms with Crippen LogP contribution in [0.1, 0.15) is 32.6 Å². The summed E-state index contributed by atoms with van der Waals surface area (Å²) >= 11 is 0. The molecule has 1 heterocycles. The van der Waals surface area contributed by atoms with E-state index >= 15 is 0 Å². The van der Waals surface area contributed by atoms with E-state index in [4.69, 9.17) is 5.73 Å². The Morgan fingerprint density at radius 1 is 1.32 bits per heavy atom. The average molecular weight is 261 g/mol. The SMILES string of the molecule is CCCN(C(=O)N1CCCCC1)c1cccc(N)c1. The van der Waals surface area contributed by atoms with E-state index in [1.807, 2.05) is 34.1 Å². The van der Waals surface area contributed by atoms with E-state index in [-0.39, 0.29) is 6.03 Å². The normalized spacial score (nSPS) is 15.3. The summed E-state index contributed by atoms with van der Waals surface area (Å²) in [5.74, 6) is 0. The molecule has 1 aliphatic rings. The topological polar surface area (TPSA) is 49.6 Å². The fourth-order valence-electron chi connectivity index (χ4n) is 2.51. The van der Waals surface area contributed by atoms with Crippen molar-refractivity contribution in [2.75, 3.05) is 30.3 Å². The van der Waals surface area contributed by atoms with Crippen LogP contribution in [0.2, 0.25) is 0 Å². The highest BCUT2D eigenvalue weighted by atomic mass is 16.2. The zero-order valence-electron chi connectivity index (χ0n) is 11.6. The lowest BCUT2D eigenvalue weighted by Gasteiger charge is -2.33. The minimum absolute atomic E-state index is 0.118. The highest BCUT2D eigenvalue weighted by Crippen LogP contribution is 2.21. The van der Waals surface area contributed by atoms with Gasteiger partial charge in [0.05, 0.1) is 0 Å². The summed E-state index contributed by atoms with van der Waals surface area (Å²) in [6.45, 7) is 4.57. The van der Waals surface area contributed by atoms with Crippen LogP contribution in [0.4, 0.5) is 16.2 Å². The first-order valence-electron chi connectivity index (χ1n) is 7.14. The first kappa shape index (κ1) is 13.7. The van der Waals surface area contributed by atoms with Crippen molar-refractivity contribution in [3.63, 3.8) is 0 Å². The van der Waals surface area contributed by atoms with Crippen LogP contribution < -0.4 is 10.6 Å². The van der Waals surface area contributed by atoms with Crippen LogP contribution in [0.25, 0.3) is 0 Å². The van der Waals surface area contributed by atoms with Crippen LogP contribution in [0.15, 0.2) is 24.3 Å². The predicted molar refractivity (Wildman–Crippen MR) is 79.3 cm³/mol. The van der Waals surface area contributed by atoms with Crippen LogP contribution in [0.3, 0.4) is 0 Å². The molecule has 1 fully saturated rings. The molecule has 0 unspecified atom stereocenters. The number of nitrogen functional groups attached to an aromatic ring is 1. The third kappa shape index (κ3) is 3.40. The maximum absolute atomic E-state index is 12.6. The maximum Gasteiger partial charge on any atom is 0.324 e. The highest BCUT2D eigenvalue weighted by molar-refractivity contribution is 5.92. The second kappa shape index (κ2) is 6.45. The Morgan fingerprint density at radius 2 is 2.05 bits per heavy atom. The number of piperidine rings is 1. The number of urea groups is 1. The van der Waals surface area contributed by atoms with Gasteiger partial charge in [-0.2, -0.15) is 0 Å². The first-order valence-corrected chi connectivity index (χ1v) is 7.14. The zero-order valence-corrected chi connectivity index (χ0v) is 11.6. The number of likely N-dealkylation sites (tertiary alicyclic amines) is 1. The van der Waals surface area contributed by atoms with Gasteiger partial charge in [0, 0.05) is 31.0 Å². The standard InChI is InChI=1S/C15H23N3O/c1-2-9-18(14-8-6-7-13(16)12-14)15(19)17-10-4-3-5-11-17/h6-8,12H,2-5,9-11,16H2,1H3. The molecular weight excluding hydrogens is 238 g/mol. The van der Waals surface area contributed by atoms with Gasteiger partial charge in [-0.1, -0.05) is 13.0 Å². The molecule has 1 saturated heterocycles. The minimum Gasteiger partial charge on any atom is -0.399 e. The largest absolute Gasteiger partial charge is 0.399 e. The quantitative estimate of drug-likeness (QED) is 0.850. The van der Waals surface area contributed by atoms with Gasteiger partial charge in [-0.15, -0.1) is 0 Å². The Kier molecular flexibility index (Phi) is 4.66. The van der Waals surface area contributed by atoms with E-state index in [1.165, 1.54) is 6.42 Å². The Labute approximate surface area is 115 Å². The van der Waals surface area contributed by atoms with E-state index in [1.54, 1.807) is 0 Å². The molecule has 0 spiro atoms. The van der Waals surface area contributed by atoms with Gasteiger partial charge in [0.1, 0.15) is 0 Å². The lowest BCUT2D eigenvalue weighted by Crippen LogP contribution is -2.46. The number of hydrogen-bond donors (Lipinski definition) is 1. The lowest BCUT2D eigenvalue weighted by molar-refractivity contribution is 0.193. The third-order valence-electron chi connectivity index (χ3n) is 3.49. The molecule has 0 aliphatic carbocycles. The van der Waals surface area contributed by atoms with Crippen LogP contribution >= 0.6 is 0 Å². The summed E-state index contributed by atoms with van der Waals surface area (Å²) in [6.07, 6.45) is 4.40. The Bertz CT molecular complexity index is 427. The summed E-state index contributed by atoms with van der Waals surface area (Å²) in [4.78, 5) is 16.4. The molecule has 2 rings (SSSR count). The summed E-state index contributed by atoms with van der Waals surface area (Å²) in [7, 11) is 0. The molecule has 4 heteroatoms. The predicted octanol–water partition coefficient (Wildman–Crippen LogP) is 3.09. The molecule has 2 N–H and O–H groups in total. The van der Waals surface area contributed by atoms with Gasteiger partial charge in [-0.25, -0.2) is 4.79 Å². The number of nitrogens with zero attached hydrogens (tertiary/aromatic N) is 2. The monoisotopic (exact) mass is 261 g/mol. The van der Waals surface area contributed by atoms with Crippen LogP contribution in [-0.4, -0.2) is 30.6 Å². The Hall–Kier alpha value is -1.71. The van der Waals surface area contributed by atoms with Gasteiger partial charge < -0.3 is 10.6 Å². The summed E-state index contributed by atoms with van der Waals surface area (Å²) in [5, 5.41) is 0. The molecule has 1 aromatic rings. The second-order valence-electron chi connectivity index (χ2n) is 5.08. The van der Waals surface area contributed by atoms with Gasteiger partial charge in [-0.05, 0) is 43.9 Å². The number of amides is 2. The van der Waals surface area contributed by atoms with E-state index in [9.17, 15) is 4.79 Å². The number of hydrogen-bond acceptors (Lipinski definition) is 2. The molecule has 19 heavy (non-hydrogen) atoms. The molecule has 0 bridgehead atoms. The summed E-state index contributed by atoms with van der Waals surface area (Å²) < 4.78 is 0. The summed E-state index contributed by atoms with van der Waals surface area (Å²) in [5.41, 5.74) is 7.42. The van der Waals surface area contributed by atoms with Gasteiger partial charge in [0.2, 0.25) is 0 Å². The van der Waals surface area contributed by atoms with Crippen LogP contribution in [0, 0.1) is 0 Å². The third-order valence-corrected chi connectivity index (χ3v) is 3.49. The molecule has 0 atom stereocenters. The van der Waals surface area contributed by atoms with E-state index in [0.717, 1.165) is 44.6 Å². The molecule has 0 aromatic heterocycles. The number of nitrogens with two attached hydrogens (primary N) is 1. The average Bonchev–Trinajstić information content (AvgIpc) is 2.45. The van der Waals surface area contributed by atoms with Crippen LogP contribution in [-0.2, 0) is 0 Å². The zero-order chi connectivity index (χ0) is 13.7. The maximum atomic E-state index is 12.6. The van der Waals surface area contributed by atoms with Crippen molar-refractivity contribution in [2.45, 2.75) is 32.6 Å². The summed E-state index contributed by atoms with van der Waals surface area (Å²) in [6, 6.07) is 7.69. The van der Waals surface area contributed by atoms with Gasteiger partial charge in [0.15, 0.2) is 0 Å². The Morgan fingerprint density at radius 3 is 2.68 bits per heavy atom. The number of carbonyl (C=O) groups is 1. The number of benzene rings is 1. The molecule has 104 valence electrons. The van der Waals surface area contributed by atoms with Gasteiger partial charge in [0.25, 0.3) is 0 Å². The molecule has 0 radical (unpaired) electrons.